The number of ketones is 1. The molecule has 0 aliphatic rings. The van der Waals surface area contributed by atoms with Gasteiger partial charge in [-0.25, -0.2) is 0 Å². The third kappa shape index (κ3) is 4.65. The van der Waals surface area contributed by atoms with E-state index in [4.69, 9.17) is 4.74 Å². The standard InChI is InChI=1S/C25H26O2/c1-18(26)23-16-21(20-10-13-22(14-11-20)25(2,3)4)12-15-24(23)27-17-19-8-6-5-7-9-19/h5-16H,17H2,1-4H3. The molecule has 0 aliphatic carbocycles. The smallest absolute Gasteiger partial charge is 0.163 e. The van der Waals surface area contributed by atoms with Gasteiger partial charge in [0.15, 0.2) is 5.78 Å². The van der Waals surface area contributed by atoms with Gasteiger partial charge in [-0.15, -0.1) is 0 Å². The normalized spacial score (nSPS) is 11.3. The summed E-state index contributed by atoms with van der Waals surface area (Å²) in [6.45, 7) is 8.64. The van der Waals surface area contributed by atoms with Crippen molar-refractivity contribution in [1.29, 1.82) is 0 Å². The van der Waals surface area contributed by atoms with Crippen LogP contribution in [-0.4, -0.2) is 5.78 Å². The second-order valence-corrected chi connectivity index (χ2v) is 7.87. The molecular weight excluding hydrogens is 332 g/mol. The zero-order chi connectivity index (χ0) is 19.4. The molecule has 3 rings (SSSR count). The van der Waals surface area contributed by atoms with Gasteiger partial charge >= 0.3 is 0 Å². The summed E-state index contributed by atoms with van der Waals surface area (Å²) in [5.74, 6) is 0.632. The van der Waals surface area contributed by atoms with E-state index in [2.05, 4.69) is 45.0 Å². The minimum absolute atomic E-state index is 0.00576. The van der Waals surface area contributed by atoms with Crippen LogP contribution >= 0.6 is 0 Å². The molecular formula is C25H26O2. The largest absolute Gasteiger partial charge is 0.488 e. The van der Waals surface area contributed by atoms with Gasteiger partial charge in [-0.1, -0.05) is 81.4 Å². The number of carbonyl (C=O) groups excluding carboxylic acids is 1. The molecule has 2 nitrogen and oxygen atoms in total. The second-order valence-electron chi connectivity index (χ2n) is 7.87. The molecule has 0 bridgehead atoms. The Bertz CT molecular complexity index is 917. The number of Topliss-reactive ketones (excluding diaryl/α,β-unsaturated/α-hetero) is 1. The van der Waals surface area contributed by atoms with Gasteiger partial charge in [0.1, 0.15) is 12.4 Å². The van der Waals surface area contributed by atoms with Crippen LogP contribution in [0.5, 0.6) is 5.75 Å². The average molecular weight is 358 g/mol. The van der Waals surface area contributed by atoms with Gasteiger partial charge in [0.05, 0.1) is 5.56 Å². The topological polar surface area (TPSA) is 26.3 Å². The molecule has 0 unspecified atom stereocenters. The lowest BCUT2D eigenvalue weighted by Crippen LogP contribution is -2.10. The highest BCUT2D eigenvalue weighted by molar-refractivity contribution is 5.98. The summed E-state index contributed by atoms with van der Waals surface area (Å²) in [6.07, 6.45) is 0. The molecule has 0 fully saturated rings. The summed E-state index contributed by atoms with van der Waals surface area (Å²) < 4.78 is 5.92. The first-order valence-electron chi connectivity index (χ1n) is 9.27. The van der Waals surface area contributed by atoms with Crippen LogP contribution in [0.1, 0.15) is 49.2 Å². The Labute approximate surface area is 161 Å². The molecule has 0 saturated heterocycles. The van der Waals surface area contributed by atoms with Crippen molar-refractivity contribution >= 4 is 5.78 Å². The van der Waals surface area contributed by atoms with Crippen LogP contribution in [0.15, 0.2) is 72.8 Å². The first-order chi connectivity index (χ1) is 12.8. The Kier molecular flexibility index (Phi) is 5.46. The van der Waals surface area contributed by atoms with Crippen molar-refractivity contribution in [1.82, 2.24) is 0 Å². The SMILES string of the molecule is CC(=O)c1cc(-c2ccc(C(C)(C)C)cc2)ccc1OCc1ccccc1. The summed E-state index contributed by atoms with van der Waals surface area (Å²) >= 11 is 0. The Morgan fingerprint density at radius 1 is 0.852 bits per heavy atom. The molecule has 0 aromatic heterocycles. The zero-order valence-corrected chi connectivity index (χ0v) is 16.5. The molecule has 0 amide bonds. The summed E-state index contributed by atoms with van der Waals surface area (Å²) in [7, 11) is 0. The third-order valence-corrected chi connectivity index (χ3v) is 4.68. The third-order valence-electron chi connectivity index (χ3n) is 4.68. The quantitative estimate of drug-likeness (QED) is 0.491. The first kappa shape index (κ1) is 18.9. The van der Waals surface area contributed by atoms with E-state index in [1.54, 1.807) is 6.92 Å². The van der Waals surface area contributed by atoms with Gasteiger partial charge in [-0.3, -0.25) is 4.79 Å². The Morgan fingerprint density at radius 3 is 2.07 bits per heavy atom. The number of hydrogen-bond acceptors (Lipinski definition) is 2. The summed E-state index contributed by atoms with van der Waals surface area (Å²) in [5.41, 5.74) is 5.23. The Balaban J connectivity index is 1.86. The molecule has 3 aromatic carbocycles. The van der Waals surface area contributed by atoms with Crippen LogP contribution < -0.4 is 4.74 Å². The summed E-state index contributed by atoms with van der Waals surface area (Å²) in [4.78, 5) is 12.2. The van der Waals surface area contributed by atoms with E-state index in [0.29, 0.717) is 17.9 Å². The van der Waals surface area contributed by atoms with Crippen LogP contribution in [0.2, 0.25) is 0 Å². The minimum atomic E-state index is 0.00576. The van der Waals surface area contributed by atoms with Crippen LogP contribution in [0.25, 0.3) is 11.1 Å². The van der Waals surface area contributed by atoms with Gasteiger partial charge in [-0.2, -0.15) is 0 Å². The van der Waals surface area contributed by atoms with Gasteiger partial charge in [-0.05, 0) is 46.7 Å². The zero-order valence-electron chi connectivity index (χ0n) is 16.5. The maximum Gasteiger partial charge on any atom is 0.163 e. The van der Waals surface area contributed by atoms with E-state index in [0.717, 1.165) is 16.7 Å². The highest BCUT2D eigenvalue weighted by Gasteiger charge is 2.14. The van der Waals surface area contributed by atoms with Crippen molar-refractivity contribution in [3.8, 4) is 16.9 Å². The molecule has 0 heterocycles. The van der Waals surface area contributed by atoms with E-state index in [-0.39, 0.29) is 11.2 Å². The monoisotopic (exact) mass is 358 g/mol. The number of benzene rings is 3. The molecule has 27 heavy (non-hydrogen) atoms. The van der Waals surface area contributed by atoms with Crippen LogP contribution in [0, 0.1) is 0 Å². The minimum Gasteiger partial charge on any atom is -0.488 e. The van der Waals surface area contributed by atoms with Gasteiger partial charge in [0.2, 0.25) is 0 Å². The fraction of sp³-hybridized carbons (Fsp3) is 0.240. The molecule has 138 valence electrons. The highest BCUT2D eigenvalue weighted by atomic mass is 16.5. The summed E-state index contributed by atoms with van der Waals surface area (Å²) in [6, 6.07) is 24.3. The highest BCUT2D eigenvalue weighted by Crippen LogP contribution is 2.30. The van der Waals surface area contributed by atoms with Crippen LogP contribution in [0.4, 0.5) is 0 Å². The molecule has 0 aliphatic heterocycles. The second kappa shape index (κ2) is 7.79. The lowest BCUT2D eigenvalue weighted by Gasteiger charge is -2.19. The van der Waals surface area contributed by atoms with Crippen LogP contribution in [0.3, 0.4) is 0 Å². The number of ether oxygens (including phenoxy) is 1. The van der Waals surface area contributed by atoms with Gasteiger partial charge in [0.25, 0.3) is 0 Å². The molecule has 2 heteroatoms. The Hall–Kier alpha value is -2.87. The predicted molar refractivity (Wildman–Crippen MR) is 111 cm³/mol. The van der Waals surface area contributed by atoms with Crippen LogP contribution in [-0.2, 0) is 12.0 Å². The number of hydrogen-bond donors (Lipinski definition) is 0. The maximum atomic E-state index is 12.2. The number of carbonyl (C=O) groups is 1. The van der Waals surface area contributed by atoms with Crippen molar-refractivity contribution in [3.63, 3.8) is 0 Å². The molecule has 3 aromatic rings. The van der Waals surface area contributed by atoms with E-state index in [1.807, 2.05) is 48.5 Å². The summed E-state index contributed by atoms with van der Waals surface area (Å²) in [5, 5.41) is 0. The molecule has 0 N–H and O–H groups in total. The molecule has 0 spiro atoms. The molecule has 0 atom stereocenters. The van der Waals surface area contributed by atoms with Gasteiger partial charge in [0, 0.05) is 0 Å². The lowest BCUT2D eigenvalue weighted by molar-refractivity contribution is 0.101. The van der Waals surface area contributed by atoms with Crippen molar-refractivity contribution in [3.05, 3.63) is 89.5 Å². The molecule has 0 saturated carbocycles. The van der Waals surface area contributed by atoms with Crippen molar-refractivity contribution in [2.24, 2.45) is 0 Å². The maximum absolute atomic E-state index is 12.2. The Morgan fingerprint density at radius 2 is 1.48 bits per heavy atom. The predicted octanol–water partition coefficient (Wildman–Crippen LogP) is 6.43. The fourth-order valence-corrected chi connectivity index (χ4v) is 3.01. The van der Waals surface area contributed by atoms with E-state index < -0.39 is 0 Å². The number of rotatable bonds is 5. The van der Waals surface area contributed by atoms with Crippen molar-refractivity contribution in [2.45, 2.75) is 39.7 Å². The van der Waals surface area contributed by atoms with E-state index >= 15 is 0 Å². The molecule has 0 radical (unpaired) electrons. The van der Waals surface area contributed by atoms with E-state index in [1.165, 1.54) is 5.56 Å². The van der Waals surface area contributed by atoms with Crippen molar-refractivity contribution in [2.75, 3.05) is 0 Å². The van der Waals surface area contributed by atoms with Crippen molar-refractivity contribution < 1.29 is 9.53 Å². The van der Waals surface area contributed by atoms with Gasteiger partial charge < -0.3 is 4.74 Å². The van der Waals surface area contributed by atoms with E-state index in [9.17, 15) is 4.79 Å². The fourth-order valence-electron chi connectivity index (χ4n) is 3.01. The first-order valence-corrected chi connectivity index (χ1v) is 9.27. The lowest BCUT2D eigenvalue weighted by atomic mass is 9.86. The average Bonchev–Trinajstić information content (AvgIpc) is 2.66.